The van der Waals surface area contributed by atoms with Crippen molar-refractivity contribution in [1.29, 1.82) is 0 Å². The summed E-state index contributed by atoms with van der Waals surface area (Å²) in [4.78, 5) is 9.84. The van der Waals surface area contributed by atoms with Gasteiger partial charge in [-0.05, 0) is 43.4 Å². The number of thiocarbonyl (C=S) groups is 1. The Balaban J connectivity index is 2.00. The molecule has 0 amide bonds. The fourth-order valence-electron chi connectivity index (χ4n) is 2.79. The quantitative estimate of drug-likeness (QED) is 0.750. The molecule has 3 heterocycles. The SMILES string of the molecule is Cc1ccc([C@@H]2[C@@H](c3ccccn3)NC(=S)N2CCO)[nH]1. The molecule has 2 atom stereocenters. The minimum absolute atomic E-state index is 0.00764. The second-order valence-corrected chi connectivity index (χ2v) is 5.53. The van der Waals surface area contributed by atoms with E-state index in [1.54, 1.807) is 6.20 Å². The lowest BCUT2D eigenvalue weighted by Gasteiger charge is -2.26. The number of aryl methyl sites for hydroxylation is 1. The summed E-state index contributed by atoms with van der Waals surface area (Å²) < 4.78 is 0. The lowest BCUT2D eigenvalue weighted by atomic mass is 10.0. The van der Waals surface area contributed by atoms with E-state index in [2.05, 4.69) is 21.4 Å². The summed E-state index contributed by atoms with van der Waals surface area (Å²) in [5, 5.41) is 13.3. The standard InChI is InChI=1S/C15H18N4OS/c1-10-5-6-12(17-10)14-13(11-4-2-3-7-16-11)18-15(21)19(14)8-9-20/h2-7,13-14,17,20H,8-9H2,1H3,(H,18,21)/t13-,14-/m1/s1. The molecule has 0 aliphatic carbocycles. The molecule has 0 unspecified atom stereocenters. The highest BCUT2D eigenvalue weighted by molar-refractivity contribution is 7.80. The molecule has 1 aliphatic heterocycles. The molecular formula is C15H18N4OS. The Labute approximate surface area is 129 Å². The maximum absolute atomic E-state index is 9.32. The van der Waals surface area contributed by atoms with Gasteiger partial charge in [0.2, 0.25) is 0 Å². The summed E-state index contributed by atoms with van der Waals surface area (Å²) in [6.45, 7) is 2.58. The highest BCUT2D eigenvalue weighted by atomic mass is 32.1. The third-order valence-electron chi connectivity index (χ3n) is 3.71. The number of nitrogens with one attached hydrogen (secondary N) is 2. The Hall–Kier alpha value is -1.92. The summed E-state index contributed by atoms with van der Waals surface area (Å²) >= 11 is 5.43. The number of aliphatic hydroxyl groups is 1. The average molecular weight is 302 g/mol. The normalized spacial score (nSPS) is 21.6. The number of pyridine rings is 1. The van der Waals surface area contributed by atoms with Gasteiger partial charge in [-0.25, -0.2) is 0 Å². The molecule has 1 aliphatic rings. The van der Waals surface area contributed by atoms with Gasteiger partial charge in [0.05, 0.1) is 24.4 Å². The van der Waals surface area contributed by atoms with E-state index in [1.807, 2.05) is 36.1 Å². The van der Waals surface area contributed by atoms with Crippen molar-refractivity contribution in [2.75, 3.05) is 13.2 Å². The summed E-state index contributed by atoms with van der Waals surface area (Å²) in [5.74, 6) is 0. The van der Waals surface area contributed by atoms with Gasteiger partial charge in [-0.1, -0.05) is 6.07 Å². The van der Waals surface area contributed by atoms with Gasteiger partial charge < -0.3 is 20.3 Å². The first-order chi connectivity index (χ1) is 10.2. The number of β-amino-alcohol motifs (C(OH)–C–C–N with tert-alkyl or cyclic N) is 1. The van der Waals surface area contributed by atoms with E-state index in [4.69, 9.17) is 12.2 Å². The van der Waals surface area contributed by atoms with E-state index in [9.17, 15) is 5.11 Å². The molecular weight excluding hydrogens is 284 g/mol. The van der Waals surface area contributed by atoms with E-state index in [1.165, 1.54) is 0 Å². The molecule has 21 heavy (non-hydrogen) atoms. The predicted octanol–water partition coefficient (Wildman–Crippen LogP) is 1.68. The Kier molecular flexibility index (Phi) is 3.90. The second kappa shape index (κ2) is 5.83. The molecule has 1 saturated heterocycles. The van der Waals surface area contributed by atoms with E-state index in [0.29, 0.717) is 11.7 Å². The number of hydrogen-bond acceptors (Lipinski definition) is 3. The molecule has 1 fully saturated rings. The summed E-state index contributed by atoms with van der Waals surface area (Å²) in [6.07, 6.45) is 1.78. The minimum atomic E-state index is -0.0247. The number of H-pyrrole nitrogens is 1. The molecule has 3 rings (SSSR count). The number of aliphatic hydroxyl groups excluding tert-OH is 1. The number of aromatic nitrogens is 2. The van der Waals surface area contributed by atoms with Gasteiger partial charge >= 0.3 is 0 Å². The first-order valence-electron chi connectivity index (χ1n) is 6.95. The smallest absolute Gasteiger partial charge is 0.170 e. The van der Waals surface area contributed by atoms with Crippen molar-refractivity contribution in [1.82, 2.24) is 20.2 Å². The molecule has 0 aromatic carbocycles. The zero-order valence-electron chi connectivity index (χ0n) is 11.8. The molecule has 2 aromatic heterocycles. The van der Waals surface area contributed by atoms with Crippen molar-refractivity contribution in [3.05, 3.63) is 53.6 Å². The van der Waals surface area contributed by atoms with Crippen LogP contribution in [0.5, 0.6) is 0 Å². The third kappa shape index (κ3) is 2.64. The highest BCUT2D eigenvalue weighted by Gasteiger charge is 2.39. The molecule has 0 saturated carbocycles. The van der Waals surface area contributed by atoms with Gasteiger partial charge in [0.25, 0.3) is 0 Å². The van der Waals surface area contributed by atoms with Crippen molar-refractivity contribution >= 4 is 17.3 Å². The van der Waals surface area contributed by atoms with Crippen LogP contribution in [-0.4, -0.2) is 38.2 Å². The summed E-state index contributed by atoms with van der Waals surface area (Å²) in [7, 11) is 0. The first-order valence-corrected chi connectivity index (χ1v) is 7.36. The van der Waals surface area contributed by atoms with E-state index in [-0.39, 0.29) is 18.7 Å². The number of aromatic amines is 1. The van der Waals surface area contributed by atoms with Crippen LogP contribution in [0.3, 0.4) is 0 Å². The van der Waals surface area contributed by atoms with Gasteiger partial charge in [0, 0.05) is 24.1 Å². The zero-order valence-corrected chi connectivity index (χ0v) is 12.6. The van der Waals surface area contributed by atoms with Gasteiger partial charge in [0.15, 0.2) is 5.11 Å². The monoisotopic (exact) mass is 302 g/mol. The van der Waals surface area contributed by atoms with E-state index in [0.717, 1.165) is 17.1 Å². The number of nitrogens with zero attached hydrogens (tertiary/aromatic N) is 2. The van der Waals surface area contributed by atoms with Gasteiger partial charge in [-0.15, -0.1) is 0 Å². The van der Waals surface area contributed by atoms with Crippen LogP contribution in [0.2, 0.25) is 0 Å². The van der Waals surface area contributed by atoms with Crippen LogP contribution in [0.25, 0.3) is 0 Å². The number of hydrogen-bond donors (Lipinski definition) is 3. The topological polar surface area (TPSA) is 64.2 Å². The molecule has 0 bridgehead atoms. The largest absolute Gasteiger partial charge is 0.395 e. The first kappa shape index (κ1) is 14.0. The highest BCUT2D eigenvalue weighted by Crippen LogP contribution is 2.37. The van der Waals surface area contributed by atoms with Crippen LogP contribution in [0.15, 0.2) is 36.5 Å². The molecule has 6 heteroatoms. The molecule has 5 nitrogen and oxygen atoms in total. The maximum atomic E-state index is 9.32. The Bertz CT molecular complexity index is 628. The van der Waals surface area contributed by atoms with Crippen molar-refractivity contribution in [2.45, 2.75) is 19.0 Å². The van der Waals surface area contributed by atoms with Crippen LogP contribution in [0, 0.1) is 6.92 Å². The van der Waals surface area contributed by atoms with Gasteiger partial charge in [-0.2, -0.15) is 0 Å². The minimum Gasteiger partial charge on any atom is -0.395 e. The van der Waals surface area contributed by atoms with Crippen LogP contribution in [-0.2, 0) is 0 Å². The van der Waals surface area contributed by atoms with Crippen LogP contribution in [0.1, 0.15) is 29.2 Å². The molecule has 0 spiro atoms. The lowest BCUT2D eigenvalue weighted by Crippen LogP contribution is -2.32. The fourth-order valence-corrected chi connectivity index (χ4v) is 3.12. The average Bonchev–Trinajstić information content (AvgIpc) is 3.05. The lowest BCUT2D eigenvalue weighted by molar-refractivity contribution is 0.221. The van der Waals surface area contributed by atoms with Crippen molar-refractivity contribution in [3.8, 4) is 0 Å². The van der Waals surface area contributed by atoms with Crippen LogP contribution in [0.4, 0.5) is 0 Å². The zero-order chi connectivity index (χ0) is 14.8. The predicted molar refractivity (Wildman–Crippen MR) is 84.8 cm³/mol. The van der Waals surface area contributed by atoms with Crippen molar-refractivity contribution in [2.24, 2.45) is 0 Å². The van der Waals surface area contributed by atoms with Crippen LogP contribution < -0.4 is 5.32 Å². The van der Waals surface area contributed by atoms with Crippen molar-refractivity contribution in [3.63, 3.8) is 0 Å². The van der Waals surface area contributed by atoms with Gasteiger partial charge in [0.1, 0.15) is 0 Å². The third-order valence-corrected chi connectivity index (χ3v) is 4.06. The van der Waals surface area contributed by atoms with E-state index < -0.39 is 0 Å². The maximum Gasteiger partial charge on any atom is 0.170 e. The van der Waals surface area contributed by atoms with Crippen LogP contribution >= 0.6 is 12.2 Å². The summed E-state index contributed by atoms with van der Waals surface area (Å²) in [6, 6.07) is 9.95. The Morgan fingerprint density at radius 2 is 2.19 bits per heavy atom. The second-order valence-electron chi connectivity index (χ2n) is 5.14. The van der Waals surface area contributed by atoms with Gasteiger partial charge in [-0.3, -0.25) is 4.98 Å². The Morgan fingerprint density at radius 3 is 2.81 bits per heavy atom. The van der Waals surface area contributed by atoms with E-state index >= 15 is 0 Å². The molecule has 3 N–H and O–H groups in total. The Morgan fingerprint density at radius 1 is 1.33 bits per heavy atom. The summed E-state index contributed by atoms with van der Waals surface area (Å²) in [5.41, 5.74) is 3.12. The molecule has 0 radical (unpaired) electrons. The molecule has 110 valence electrons. The van der Waals surface area contributed by atoms with Crippen molar-refractivity contribution < 1.29 is 5.11 Å². The molecule has 2 aromatic rings. The fraction of sp³-hybridized carbons (Fsp3) is 0.333. The number of rotatable bonds is 4.